The Morgan fingerprint density at radius 3 is 2.20 bits per heavy atom. The average Bonchev–Trinajstić information content (AvgIpc) is 2.25. The lowest BCUT2D eigenvalue weighted by Crippen LogP contribution is -3.00. The van der Waals surface area contributed by atoms with Gasteiger partial charge < -0.3 is 12.4 Å². The monoisotopic (exact) mass is 217 g/mol. The maximum atomic E-state index is 11.0. The summed E-state index contributed by atoms with van der Waals surface area (Å²) in [7, 11) is 0. The van der Waals surface area contributed by atoms with Gasteiger partial charge in [0.05, 0.1) is 0 Å². The molecule has 0 N–H and O–H groups in total. The molecule has 0 aromatic rings. The maximum absolute atomic E-state index is 11.0. The van der Waals surface area contributed by atoms with E-state index in [9.17, 15) is 4.79 Å². The highest BCUT2D eigenvalue weighted by Gasteiger charge is 2.25. The van der Waals surface area contributed by atoms with Gasteiger partial charge in [0.1, 0.15) is 0 Å². The topological polar surface area (TPSA) is 17.1 Å². The zero-order chi connectivity index (χ0) is 6.43. The predicted molar refractivity (Wildman–Crippen MR) is 38.2 cm³/mol. The first kappa shape index (κ1) is 7.76. The van der Waals surface area contributed by atoms with Gasteiger partial charge in [-0.2, -0.15) is 0 Å². The number of halogens is 2. The molecule has 1 nitrogen and oxygen atoms in total. The van der Waals surface area contributed by atoms with Gasteiger partial charge in [-0.1, -0.05) is 22.0 Å². The van der Waals surface area contributed by atoms with E-state index in [0.717, 1.165) is 15.6 Å². The summed E-state index contributed by atoms with van der Waals surface area (Å²) in [5.74, 6) is 0.155. The fraction of sp³-hybridized carbons (Fsp3) is 0. The van der Waals surface area contributed by atoms with E-state index in [0.29, 0.717) is 0 Å². The van der Waals surface area contributed by atoms with Gasteiger partial charge >= 0.3 is 0 Å². The van der Waals surface area contributed by atoms with Crippen molar-refractivity contribution in [3.63, 3.8) is 0 Å². The third-order valence-corrected chi connectivity index (χ3v) is 2.13. The lowest BCUT2D eigenvalue weighted by Gasteiger charge is -1.85. The van der Waals surface area contributed by atoms with Gasteiger partial charge in [-0.15, -0.1) is 0 Å². The van der Waals surface area contributed by atoms with Crippen molar-refractivity contribution in [1.82, 2.24) is 0 Å². The Kier molecular flexibility index (Phi) is 1.84. The van der Waals surface area contributed by atoms with Crippen LogP contribution in [0.2, 0.25) is 0 Å². The number of hydrogen-bond acceptors (Lipinski definition) is 1. The Balaban J connectivity index is 0.000000500. The molecule has 2 bridgehead atoms. The van der Waals surface area contributed by atoms with Crippen LogP contribution in [0.15, 0.2) is 33.9 Å². The Morgan fingerprint density at radius 2 is 2.00 bits per heavy atom. The third-order valence-electron chi connectivity index (χ3n) is 1.48. The highest BCUT2D eigenvalue weighted by molar-refractivity contribution is 9.12. The number of Topliss-reactive ketones (excluding diaryl/α,β-unsaturated/α-hetero) is 1. The van der Waals surface area contributed by atoms with Crippen LogP contribution >= 0.6 is 15.9 Å². The van der Waals surface area contributed by atoms with Gasteiger partial charge in [-0.25, -0.2) is 0 Å². The molecule has 0 radical (unpaired) electrons. The molecule has 0 aromatic heterocycles. The summed E-state index contributed by atoms with van der Waals surface area (Å²) in [6, 6.07) is 0. The summed E-state index contributed by atoms with van der Waals surface area (Å²) < 4.78 is 0.921. The van der Waals surface area contributed by atoms with Gasteiger partial charge in [0.25, 0.3) is 0 Å². The van der Waals surface area contributed by atoms with E-state index in [2.05, 4.69) is 15.9 Å². The quantitative estimate of drug-likeness (QED) is 0.495. The van der Waals surface area contributed by atoms with Gasteiger partial charge in [-0.3, -0.25) is 4.79 Å². The van der Waals surface area contributed by atoms with Gasteiger partial charge in [-0.05, 0) is 12.2 Å². The molecule has 10 heavy (non-hydrogen) atoms. The second kappa shape index (κ2) is 2.36. The molecule has 0 atom stereocenters. The van der Waals surface area contributed by atoms with E-state index in [1.54, 1.807) is 0 Å². The Labute approximate surface area is 73.0 Å². The summed E-state index contributed by atoms with van der Waals surface area (Å²) in [6.45, 7) is 0. The van der Waals surface area contributed by atoms with Crippen LogP contribution in [0.1, 0.15) is 0 Å². The summed E-state index contributed by atoms with van der Waals surface area (Å²) >= 11 is 3.27. The van der Waals surface area contributed by atoms with Crippen LogP contribution in [-0.2, 0) is 4.79 Å². The first-order valence-corrected chi connectivity index (χ1v) is 3.42. The summed E-state index contributed by atoms with van der Waals surface area (Å²) in [4.78, 5) is 11.0. The Morgan fingerprint density at radius 1 is 1.30 bits per heavy atom. The third kappa shape index (κ3) is 0.796. The Hall–Kier alpha value is -0.340. The second-order valence-electron chi connectivity index (χ2n) is 2.02. The zero-order valence-electron chi connectivity index (χ0n) is 4.90. The molecule has 0 heterocycles. The van der Waals surface area contributed by atoms with Crippen molar-refractivity contribution in [3.8, 4) is 0 Å². The molecule has 0 aliphatic heterocycles. The molecule has 2 aliphatic carbocycles. The van der Waals surface area contributed by atoms with Crippen molar-refractivity contribution in [2.45, 2.75) is 0 Å². The predicted octanol–water partition coefficient (Wildman–Crippen LogP) is -1.28. The number of fused-ring (bicyclic) bond motifs is 2. The van der Waals surface area contributed by atoms with E-state index in [1.165, 1.54) is 0 Å². The van der Waals surface area contributed by atoms with Crippen LogP contribution in [0.25, 0.3) is 0 Å². The average molecular weight is 218 g/mol. The minimum atomic E-state index is 0. The van der Waals surface area contributed by atoms with E-state index in [-0.39, 0.29) is 18.2 Å². The van der Waals surface area contributed by atoms with Crippen molar-refractivity contribution in [1.29, 1.82) is 0 Å². The molecule has 0 saturated carbocycles. The number of carbonyl (C=O) groups excluding carboxylic acids is 1. The maximum Gasteiger partial charge on any atom is 0.194 e. The van der Waals surface area contributed by atoms with Crippen molar-refractivity contribution in [2.24, 2.45) is 0 Å². The standard InChI is InChI=1S/C7H3BrO.ClH/c8-6-3-4-1-2-5(6)7(4)9;/h1-3H;1H/p-1. The van der Waals surface area contributed by atoms with Gasteiger partial charge in [0.2, 0.25) is 0 Å². The van der Waals surface area contributed by atoms with E-state index in [1.807, 2.05) is 18.2 Å². The number of ketones is 1. The number of hydrogen-bond donors (Lipinski definition) is 0. The lowest BCUT2D eigenvalue weighted by molar-refractivity contribution is -0.111. The fourth-order valence-electron chi connectivity index (χ4n) is 0.996. The number of rotatable bonds is 0. The number of allylic oxidation sites excluding steroid dienone is 6. The van der Waals surface area contributed by atoms with E-state index < -0.39 is 0 Å². The molecule has 0 saturated heterocycles. The molecule has 0 unspecified atom stereocenters. The molecule has 2 rings (SSSR count). The van der Waals surface area contributed by atoms with E-state index in [4.69, 9.17) is 0 Å². The van der Waals surface area contributed by atoms with Gasteiger partial charge in [0, 0.05) is 15.6 Å². The highest BCUT2D eigenvalue weighted by Crippen LogP contribution is 2.32. The SMILES string of the molecule is O=C1C2=CC(Br)=C1C=C2.[Cl-]. The second-order valence-corrected chi connectivity index (χ2v) is 2.88. The molecule has 3 heteroatoms. The minimum absolute atomic E-state index is 0. The molecular weight excluding hydrogens is 215 g/mol. The first-order valence-electron chi connectivity index (χ1n) is 2.63. The largest absolute Gasteiger partial charge is 1.00 e. The lowest BCUT2D eigenvalue weighted by atomic mass is 10.2. The summed E-state index contributed by atoms with van der Waals surface area (Å²) in [5.41, 5.74) is 1.60. The molecule has 0 aromatic carbocycles. The van der Waals surface area contributed by atoms with E-state index >= 15 is 0 Å². The molecule has 0 spiro atoms. The molecular formula is C7H3BrClO-. The van der Waals surface area contributed by atoms with Crippen LogP contribution in [0.3, 0.4) is 0 Å². The van der Waals surface area contributed by atoms with Crippen LogP contribution in [-0.4, -0.2) is 5.78 Å². The molecule has 0 amide bonds. The first-order chi connectivity index (χ1) is 4.29. The van der Waals surface area contributed by atoms with Crippen LogP contribution in [0.4, 0.5) is 0 Å². The fourth-order valence-corrected chi connectivity index (χ4v) is 1.55. The van der Waals surface area contributed by atoms with Crippen molar-refractivity contribution >= 4 is 21.7 Å². The number of carbonyl (C=O) groups is 1. The Bertz CT molecular complexity index is 286. The molecule has 52 valence electrons. The van der Waals surface area contributed by atoms with Crippen LogP contribution in [0.5, 0.6) is 0 Å². The van der Waals surface area contributed by atoms with Crippen LogP contribution in [0, 0.1) is 0 Å². The summed E-state index contributed by atoms with van der Waals surface area (Å²) in [6.07, 6.45) is 5.52. The molecule has 0 fully saturated rings. The van der Waals surface area contributed by atoms with Crippen molar-refractivity contribution in [3.05, 3.63) is 33.9 Å². The molecule has 2 aliphatic rings. The van der Waals surface area contributed by atoms with Gasteiger partial charge in [0.15, 0.2) is 5.78 Å². The highest BCUT2D eigenvalue weighted by atomic mass is 79.9. The van der Waals surface area contributed by atoms with Crippen LogP contribution < -0.4 is 12.4 Å². The smallest absolute Gasteiger partial charge is 0.194 e. The minimum Gasteiger partial charge on any atom is -1.00 e. The zero-order valence-corrected chi connectivity index (χ0v) is 7.24. The normalized spacial score (nSPS) is 19.7. The van der Waals surface area contributed by atoms with Crippen molar-refractivity contribution in [2.75, 3.05) is 0 Å². The van der Waals surface area contributed by atoms with Crippen molar-refractivity contribution < 1.29 is 17.2 Å². The summed E-state index contributed by atoms with van der Waals surface area (Å²) in [5, 5.41) is 0.